The van der Waals surface area contributed by atoms with E-state index in [0.717, 1.165) is 73.3 Å². The lowest BCUT2D eigenvalue weighted by atomic mass is 9.85. The Morgan fingerprint density at radius 2 is 0.926 bits per heavy atom. The fourth-order valence-corrected chi connectivity index (χ4v) is 10.1. The lowest BCUT2D eigenvalue weighted by molar-refractivity contribution is -0.941. The molecule has 2 aliphatic heterocycles. The van der Waals surface area contributed by atoms with Gasteiger partial charge in [-0.25, -0.2) is 9.59 Å². The number of esters is 2. The summed E-state index contributed by atoms with van der Waals surface area (Å²) < 4.78 is 63.9. The van der Waals surface area contributed by atoms with Crippen LogP contribution >= 0.6 is 0 Å². The van der Waals surface area contributed by atoms with E-state index in [1.807, 2.05) is 30.3 Å². The Kier molecular flexibility index (Phi) is 17.4. The largest absolute Gasteiger partial charge is 0.493 e. The van der Waals surface area contributed by atoms with Gasteiger partial charge in [-0.2, -0.15) is 0 Å². The van der Waals surface area contributed by atoms with Crippen LogP contribution in [-0.2, 0) is 44.7 Å². The molecule has 15 heteroatoms. The van der Waals surface area contributed by atoms with Crippen molar-refractivity contribution in [2.24, 2.45) is 0 Å². The second kappa shape index (κ2) is 23.1. The summed E-state index contributed by atoms with van der Waals surface area (Å²) in [6.07, 6.45) is 6.51. The van der Waals surface area contributed by atoms with Gasteiger partial charge in [0.05, 0.1) is 123 Å². The number of nitrogens with zero attached hydrogens (tertiary/aromatic N) is 2. The smallest absolute Gasteiger partial charge is 0.331 e. The number of benzene rings is 4. The summed E-state index contributed by atoms with van der Waals surface area (Å²) in [7, 11) is 19.2. The van der Waals surface area contributed by atoms with Crippen molar-refractivity contribution in [2.45, 2.75) is 50.6 Å². The highest BCUT2D eigenvalue weighted by molar-refractivity contribution is 5.91. The molecule has 68 heavy (non-hydrogen) atoms. The zero-order chi connectivity index (χ0) is 49.0. The molecule has 0 saturated carbocycles. The third kappa shape index (κ3) is 11.3. The number of likely N-dealkylation sites (N-methyl/N-ethyl adjacent to an activating group) is 2. The van der Waals surface area contributed by atoms with Gasteiger partial charge in [0.1, 0.15) is 12.1 Å². The van der Waals surface area contributed by atoms with Gasteiger partial charge in [-0.15, -0.1) is 0 Å². The van der Waals surface area contributed by atoms with Crippen molar-refractivity contribution in [1.29, 1.82) is 0 Å². The van der Waals surface area contributed by atoms with E-state index in [9.17, 15) is 9.59 Å². The third-order valence-corrected chi connectivity index (χ3v) is 13.8. The average Bonchev–Trinajstić information content (AvgIpc) is 3.36. The normalized spacial score (nSPS) is 19.5. The summed E-state index contributed by atoms with van der Waals surface area (Å²) in [6.45, 7) is 3.53. The molecule has 4 aromatic carbocycles. The average molecular weight is 943 g/mol. The summed E-state index contributed by atoms with van der Waals surface area (Å²) in [5.41, 5.74) is 6.78. The maximum atomic E-state index is 12.9. The maximum Gasteiger partial charge on any atom is 0.331 e. The molecule has 15 nitrogen and oxygen atoms in total. The molecule has 6 rings (SSSR count). The number of carbonyl (C=O) groups is 2. The molecule has 0 spiro atoms. The second-order valence-electron chi connectivity index (χ2n) is 17.7. The standard InChI is InChI=1S/C53H70N2O13/c1-54(24-20-37-32-46(62-7)47(63-8)34-39(37)40(54)28-35-14-16-42(58-3)44(30-35)60-5)22-12-26-67-49(56)18-19-50(57)68-27-13-23-55(2)25-21-38-33-48(64-9)52(65-10)53(66-11)51(38)41(55)29-36-15-17-43(59-4)45(31-36)61-6/h14-19,30-34,40-41H,12-13,20-29H2,1-11H3/q+2/b19-18+. The Bertz CT molecular complexity index is 2420. The van der Waals surface area contributed by atoms with Gasteiger partial charge >= 0.3 is 11.9 Å². The minimum atomic E-state index is -0.607. The Labute approximate surface area is 401 Å². The predicted molar refractivity (Wildman–Crippen MR) is 257 cm³/mol. The quantitative estimate of drug-likeness (QED) is 0.0316. The van der Waals surface area contributed by atoms with Crippen LogP contribution in [0, 0.1) is 0 Å². The van der Waals surface area contributed by atoms with Gasteiger partial charge in [0, 0.05) is 56.2 Å². The van der Waals surface area contributed by atoms with Crippen LogP contribution < -0.4 is 42.6 Å². The maximum absolute atomic E-state index is 12.9. The number of hydrogen-bond donors (Lipinski definition) is 0. The van der Waals surface area contributed by atoms with Crippen LogP contribution in [-0.4, -0.2) is 138 Å². The van der Waals surface area contributed by atoms with E-state index < -0.39 is 11.9 Å². The molecular weight excluding hydrogens is 873 g/mol. The highest BCUT2D eigenvalue weighted by Gasteiger charge is 2.43. The number of methoxy groups -OCH3 is 9. The Morgan fingerprint density at radius 1 is 0.500 bits per heavy atom. The Balaban J connectivity index is 1.06. The molecular formula is C53H70N2O13+2. The van der Waals surface area contributed by atoms with E-state index in [-0.39, 0.29) is 25.3 Å². The van der Waals surface area contributed by atoms with Crippen molar-refractivity contribution < 1.29 is 70.7 Å². The molecule has 0 bridgehead atoms. The molecule has 4 unspecified atom stereocenters. The zero-order valence-corrected chi connectivity index (χ0v) is 41.7. The number of ether oxygens (including phenoxy) is 11. The number of quaternary nitrogens is 2. The molecule has 368 valence electrons. The van der Waals surface area contributed by atoms with Gasteiger partial charge in [-0.05, 0) is 64.7 Å². The van der Waals surface area contributed by atoms with Crippen LogP contribution in [0.4, 0.5) is 0 Å². The van der Waals surface area contributed by atoms with E-state index in [2.05, 4.69) is 38.4 Å². The summed E-state index contributed by atoms with van der Waals surface area (Å²) in [4.78, 5) is 25.7. The van der Waals surface area contributed by atoms with Gasteiger partial charge in [-0.3, -0.25) is 0 Å². The molecule has 2 heterocycles. The number of hydrogen-bond acceptors (Lipinski definition) is 13. The van der Waals surface area contributed by atoms with Gasteiger partial charge in [0.2, 0.25) is 5.75 Å². The van der Waals surface area contributed by atoms with Gasteiger partial charge in [-0.1, -0.05) is 12.1 Å². The van der Waals surface area contributed by atoms with Crippen LogP contribution in [0.15, 0.2) is 66.7 Å². The van der Waals surface area contributed by atoms with Gasteiger partial charge in [0.15, 0.2) is 46.0 Å². The molecule has 0 radical (unpaired) electrons. The Hall–Kier alpha value is -6.32. The first-order valence-corrected chi connectivity index (χ1v) is 23.0. The van der Waals surface area contributed by atoms with Crippen LogP contribution in [0.3, 0.4) is 0 Å². The molecule has 2 aliphatic rings. The summed E-state index contributed by atoms with van der Waals surface area (Å²) in [6, 6.07) is 18.2. The highest BCUT2D eigenvalue weighted by Crippen LogP contribution is 2.51. The molecule has 0 aliphatic carbocycles. The highest BCUT2D eigenvalue weighted by atomic mass is 16.5. The van der Waals surface area contributed by atoms with Crippen molar-refractivity contribution in [1.82, 2.24) is 0 Å². The summed E-state index contributed by atoms with van der Waals surface area (Å²) in [5.74, 6) is 4.64. The van der Waals surface area contributed by atoms with Crippen molar-refractivity contribution >= 4 is 11.9 Å². The second-order valence-corrected chi connectivity index (χ2v) is 17.7. The topological polar surface area (TPSA) is 136 Å². The van der Waals surface area contributed by atoms with Crippen molar-refractivity contribution in [3.05, 3.63) is 100 Å². The van der Waals surface area contributed by atoms with Crippen LogP contribution in [0.25, 0.3) is 0 Å². The van der Waals surface area contributed by atoms with Gasteiger partial charge < -0.3 is 61.1 Å². The Morgan fingerprint density at radius 3 is 1.41 bits per heavy atom. The van der Waals surface area contributed by atoms with E-state index in [0.29, 0.717) is 86.5 Å². The molecule has 0 saturated heterocycles. The van der Waals surface area contributed by atoms with Crippen molar-refractivity contribution in [3.8, 4) is 51.7 Å². The first-order valence-electron chi connectivity index (χ1n) is 23.0. The molecule has 0 N–H and O–H groups in total. The third-order valence-electron chi connectivity index (χ3n) is 13.8. The fraction of sp³-hybridized carbons (Fsp3) is 0.472. The zero-order valence-electron chi connectivity index (χ0n) is 41.7. The van der Waals surface area contributed by atoms with E-state index >= 15 is 0 Å². The van der Waals surface area contributed by atoms with Crippen molar-refractivity contribution in [2.75, 3.05) is 117 Å². The lowest BCUT2D eigenvalue weighted by Crippen LogP contribution is -2.52. The van der Waals surface area contributed by atoms with E-state index in [1.165, 1.54) is 11.1 Å². The monoisotopic (exact) mass is 942 g/mol. The molecule has 0 fully saturated rings. The molecule has 0 aromatic heterocycles. The van der Waals surface area contributed by atoms with Crippen LogP contribution in [0.5, 0.6) is 51.7 Å². The fourth-order valence-electron chi connectivity index (χ4n) is 10.1. The minimum Gasteiger partial charge on any atom is -0.493 e. The number of rotatable bonds is 23. The van der Waals surface area contributed by atoms with Gasteiger partial charge in [0.25, 0.3) is 0 Å². The summed E-state index contributed by atoms with van der Waals surface area (Å²) in [5, 5.41) is 0. The molecule has 0 amide bonds. The van der Waals surface area contributed by atoms with E-state index in [1.54, 1.807) is 64.0 Å². The minimum absolute atomic E-state index is 0.0524. The van der Waals surface area contributed by atoms with Crippen molar-refractivity contribution in [3.63, 3.8) is 0 Å². The number of fused-ring (bicyclic) bond motifs is 2. The SMILES string of the molecule is COc1ccc(CC2c3cc(OC)c(OC)cc3CC[N+]2(C)CCCOC(=O)/C=C/C(=O)OCCC[N+]2(C)CCc3cc(OC)c(OC)c(OC)c3C2Cc2ccc(OC)c(OC)c2)cc1OC. The molecule has 4 aromatic rings. The molecule has 4 atom stereocenters. The predicted octanol–water partition coefficient (Wildman–Crippen LogP) is 7.46. The number of carbonyl (C=O) groups excluding carboxylic acids is 2. The first kappa shape index (κ1) is 51.1. The lowest BCUT2D eigenvalue weighted by Gasteiger charge is -2.46. The van der Waals surface area contributed by atoms with Crippen LogP contribution in [0.2, 0.25) is 0 Å². The first-order chi connectivity index (χ1) is 32.8. The van der Waals surface area contributed by atoms with E-state index in [4.69, 9.17) is 52.1 Å². The summed E-state index contributed by atoms with van der Waals surface area (Å²) >= 11 is 0. The van der Waals surface area contributed by atoms with Crippen LogP contribution in [0.1, 0.15) is 58.3 Å².